The third kappa shape index (κ3) is 4.43. The van der Waals surface area contributed by atoms with Gasteiger partial charge in [-0.2, -0.15) is 0 Å². The molecule has 7 heteroatoms. The molecule has 2 aromatic rings. The smallest absolute Gasteiger partial charge is 0.225 e. The molecule has 1 saturated heterocycles. The molecule has 1 amide bonds. The zero-order chi connectivity index (χ0) is 18.5. The number of halogens is 1. The summed E-state index contributed by atoms with van der Waals surface area (Å²) in [6, 6.07) is 5.82. The second kappa shape index (κ2) is 8.36. The lowest BCUT2D eigenvalue weighted by atomic mass is 10.1. The summed E-state index contributed by atoms with van der Waals surface area (Å²) in [7, 11) is 0. The number of nitrogens with one attached hydrogen (secondary N) is 1. The summed E-state index contributed by atoms with van der Waals surface area (Å²) in [5, 5.41) is 4.00. The number of benzene rings is 1. The first kappa shape index (κ1) is 18.5. The molecule has 1 aromatic carbocycles. The van der Waals surface area contributed by atoms with Gasteiger partial charge in [0.1, 0.15) is 0 Å². The van der Waals surface area contributed by atoms with Gasteiger partial charge < -0.3 is 15.1 Å². The number of anilines is 2. The van der Waals surface area contributed by atoms with Gasteiger partial charge in [-0.3, -0.25) is 4.79 Å². The molecular formula is C19H24ClN5O. The zero-order valence-electron chi connectivity index (χ0n) is 15.2. The van der Waals surface area contributed by atoms with E-state index in [2.05, 4.69) is 26.3 Å². The van der Waals surface area contributed by atoms with Crippen LogP contribution >= 0.6 is 11.6 Å². The van der Waals surface area contributed by atoms with Crippen LogP contribution in [0, 0.1) is 13.8 Å². The lowest BCUT2D eigenvalue weighted by molar-refractivity contribution is -0.131. The Morgan fingerprint density at radius 1 is 1.15 bits per heavy atom. The molecule has 1 aliphatic rings. The Bertz CT molecular complexity index is 737. The van der Waals surface area contributed by atoms with Crippen LogP contribution in [0.2, 0.25) is 5.02 Å². The highest BCUT2D eigenvalue weighted by atomic mass is 35.5. The van der Waals surface area contributed by atoms with E-state index in [1.165, 1.54) is 0 Å². The molecule has 0 atom stereocenters. The topological polar surface area (TPSA) is 61.4 Å². The van der Waals surface area contributed by atoms with Crippen molar-refractivity contribution in [1.29, 1.82) is 0 Å². The fourth-order valence-electron chi connectivity index (χ4n) is 3.20. The van der Waals surface area contributed by atoms with E-state index in [4.69, 9.17) is 11.6 Å². The van der Waals surface area contributed by atoms with E-state index in [-0.39, 0.29) is 5.91 Å². The Kier molecular flexibility index (Phi) is 5.93. The van der Waals surface area contributed by atoms with Crippen molar-refractivity contribution in [2.45, 2.75) is 20.3 Å². The van der Waals surface area contributed by atoms with Crippen LogP contribution in [0.15, 0.2) is 30.6 Å². The van der Waals surface area contributed by atoms with Crippen molar-refractivity contribution in [2.75, 3.05) is 42.9 Å². The molecule has 1 aromatic heterocycles. The summed E-state index contributed by atoms with van der Waals surface area (Å²) in [6.07, 6.45) is 3.93. The lowest BCUT2D eigenvalue weighted by Gasteiger charge is -2.34. The molecule has 1 N–H and O–H groups in total. The summed E-state index contributed by atoms with van der Waals surface area (Å²) >= 11 is 6.30. The predicted molar refractivity (Wildman–Crippen MR) is 105 cm³/mol. The largest absolute Gasteiger partial charge is 0.383 e. The fraction of sp³-hybridized carbons (Fsp3) is 0.421. The summed E-state index contributed by atoms with van der Waals surface area (Å²) in [5.41, 5.74) is 3.14. The number of carbonyl (C=O) groups is 1. The van der Waals surface area contributed by atoms with Crippen molar-refractivity contribution in [2.24, 2.45) is 0 Å². The molecule has 2 heterocycles. The number of aryl methyl sites for hydroxylation is 2. The van der Waals surface area contributed by atoms with Crippen LogP contribution in [0.1, 0.15) is 17.5 Å². The first-order valence-electron chi connectivity index (χ1n) is 8.85. The molecule has 0 unspecified atom stereocenters. The minimum atomic E-state index is 0.159. The molecule has 1 fully saturated rings. The Morgan fingerprint density at radius 3 is 2.50 bits per heavy atom. The van der Waals surface area contributed by atoms with E-state index in [9.17, 15) is 4.79 Å². The number of hydrogen-bond donors (Lipinski definition) is 1. The number of aromatic nitrogens is 2. The third-order valence-corrected chi connectivity index (χ3v) is 4.84. The minimum Gasteiger partial charge on any atom is -0.383 e. The summed E-state index contributed by atoms with van der Waals surface area (Å²) < 4.78 is 0. The van der Waals surface area contributed by atoms with E-state index in [1.54, 1.807) is 18.5 Å². The summed E-state index contributed by atoms with van der Waals surface area (Å²) in [4.78, 5) is 25.0. The Morgan fingerprint density at radius 2 is 1.85 bits per heavy atom. The predicted octanol–water partition coefficient (Wildman–Crippen LogP) is 2.90. The van der Waals surface area contributed by atoms with Gasteiger partial charge in [0.15, 0.2) is 0 Å². The van der Waals surface area contributed by atoms with Crippen molar-refractivity contribution in [1.82, 2.24) is 14.9 Å². The van der Waals surface area contributed by atoms with Gasteiger partial charge in [0.25, 0.3) is 0 Å². The van der Waals surface area contributed by atoms with E-state index >= 15 is 0 Å². The molecule has 0 aliphatic carbocycles. The van der Waals surface area contributed by atoms with Gasteiger partial charge >= 0.3 is 0 Å². The summed E-state index contributed by atoms with van der Waals surface area (Å²) in [5.74, 6) is 0.887. The summed E-state index contributed by atoms with van der Waals surface area (Å²) in [6.45, 7) is 7.52. The third-order valence-electron chi connectivity index (χ3n) is 4.54. The second-order valence-electron chi connectivity index (χ2n) is 6.53. The lowest BCUT2D eigenvalue weighted by Crippen LogP contribution is -2.49. The maximum Gasteiger partial charge on any atom is 0.225 e. The minimum absolute atomic E-state index is 0.159. The molecule has 0 bridgehead atoms. The first-order valence-corrected chi connectivity index (χ1v) is 9.23. The van der Waals surface area contributed by atoms with Gasteiger partial charge in [0.2, 0.25) is 11.9 Å². The van der Waals surface area contributed by atoms with Crippen LogP contribution in [0.3, 0.4) is 0 Å². The maximum absolute atomic E-state index is 12.5. The highest BCUT2D eigenvalue weighted by molar-refractivity contribution is 6.33. The van der Waals surface area contributed by atoms with Gasteiger partial charge in [-0.1, -0.05) is 17.7 Å². The van der Waals surface area contributed by atoms with Crippen LogP contribution in [-0.4, -0.2) is 53.5 Å². The van der Waals surface area contributed by atoms with Gasteiger partial charge in [0, 0.05) is 51.5 Å². The number of hydrogen-bond acceptors (Lipinski definition) is 5. The number of piperazine rings is 1. The number of carbonyl (C=O) groups excluding carboxylic acids is 1. The normalized spacial score (nSPS) is 14.4. The average Bonchev–Trinajstić information content (AvgIpc) is 2.64. The van der Waals surface area contributed by atoms with Crippen molar-refractivity contribution < 1.29 is 4.79 Å². The molecular weight excluding hydrogens is 350 g/mol. The number of nitrogens with zero attached hydrogens (tertiary/aromatic N) is 4. The number of rotatable bonds is 5. The first-order chi connectivity index (χ1) is 12.5. The van der Waals surface area contributed by atoms with Gasteiger partial charge in [-0.15, -0.1) is 0 Å². The van der Waals surface area contributed by atoms with Gasteiger partial charge in [0.05, 0.1) is 10.7 Å². The maximum atomic E-state index is 12.5. The van der Waals surface area contributed by atoms with Crippen LogP contribution < -0.4 is 10.2 Å². The number of amides is 1. The van der Waals surface area contributed by atoms with E-state index in [1.807, 2.05) is 24.8 Å². The van der Waals surface area contributed by atoms with E-state index < -0.39 is 0 Å². The fourth-order valence-corrected chi connectivity index (χ4v) is 3.59. The van der Waals surface area contributed by atoms with Crippen molar-refractivity contribution in [3.8, 4) is 0 Å². The molecule has 0 spiro atoms. The second-order valence-corrected chi connectivity index (χ2v) is 6.94. The van der Waals surface area contributed by atoms with Crippen LogP contribution in [0.25, 0.3) is 0 Å². The van der Waals surface area contributed by atoms with Crippen molar-refractivity contribution in [3.63, 3.8) is 0 Å². The average molecular weight is 374 g/mol. The molecule has 0 radical (unpaired) electrons. The monoisotopic (exact) mass is 373 g/mol. The molecule has 0 saturated carbocycles. The van der Waals surface area contributed by atoms with E-state index in [0.717, 1.165) is 35.9 Å². The van der Waals surface area contributed by atoms with Crippen molar-refractivity contribution >= 4 is 29.1 Å². The quantitative estimate of drug-likeness (QED) is 0.873. The molecule has 138 valence electrons. The van der Waals surface area contributed by atoms with Gasteiger partial charge in [-0.05, 0) is 37.1 Å². The highest BCUT2D eigenvalue weighted by Gasteiger charge is 2.22. The molecule has 6 nitrogen and oxygen atoms in total. The zero-order valence-corrected chi connectivity index (χ0v) is 16.0. The van der Waals surface area contributed by atoms with Crippen LogP contribution in [0.4, 0.5) is 11.6 Å². The molecule has 1 aliphatic heterocycles. The molecule has 26 heavy (non-hydrogen) atoms. The van der Waals surface area contributed by atoms with E-state index in [0.29, 0.717) is 31.1 Å². The van der Waals surface area contributed by atoms with Crippen LogP contribution in [-0.2, 0) is 4.79 Å². The Labute approximate surface area is 159 Å². The Hall–Kier alpha value is -2.34. The standard InChI is InChI=1S/C19H24ClN5O/c1-14-12-15(2)18(16(20)13-14)21-7-4-17(26)24-8-10-25(11-9-24)19-22-5-3-6-23-19/h3,5-6,12-13,21H,4,7-11H2,1-2H3. The van der Waals surface area contributed by atoms with Gasteiger partial charge in [-0.25, -0.2) is 9.97 Å². The van der Waals surface area contributed by atoms with Crippen molar-refractivity contribution in [3.05, 3.63) is 46.7 Å². The molecule has 3 rings (SSSR count). The Balaban J connectivity index is 1.46. The van der Waals surface area contributed by atoms with Crippen LogP contribution in [0.5, 0.6) is 0 Å². The SMILES string of the molecule is Cc1cc(C)c(NCCC(=O)N2CCN(c3ncccn3)CC2)c(Cl)c1. The highest BCUT2D eigenvalue weighted by Crippen LogP contribution is 2.27.